The molecule has 1 aromatic carbocycles. The molecule has 3 aromatic rings. The van der Waals surface area contributed by atoms with Gasteiger partial charge in [0.25, 0.3) is 5.56 Å². The van der Waals surface area contributed by atoms with Crippen molar-refractivity contribution in [3.05, 3.63) is 49.7 Å². The number of carbonyl (C=O) groups excluding carboxylic acids is 1. The second kappa shape index (κ2) is 9.13. The first-order valence-corrected chi connectivity index (χ1v) is 12.3. The molecule has 0 aliphatic carbocycles. The van der Waals surface area contributed by atoms with E-state index in [-0.39, 0.29) is 24.1 Å². The van der Waals surface area contributed by atoms with E-state index >= 15 is 0 Å². The Morgan fingerprint density at radius 1 is 1.09 bits per heavy atom. The minimum atomic E-state index is -0.509. The molecule has 0 radical (unpaired) electrons. The highest BCUT2D eigenvalue weighted by molar-refractivity contribution is 7.22. The van der Waals surface area contributed by atoms with E-state index in [0.717, 1.165) is 53.4 Å². The lowest BCUT2D eigenvalue weighted by molar-refractivity contribution is -0.116. The van der Waals surface area contributed by atoms with Crippen molar-refractivity contribution in [2.24, 2.45) is 0 Å². The number of nitrogens with zero attached hydrogens (tertiary/aromatic N) is 4. The molecule has 176 valence electrons. The van der Waals surface area contributed by atoms with Crippen molar-refractivity contribution in [3.63, 3.8) is 0 Å². The molecule has 9 heteroatoms. The summed E-state index contributed by atoms with van der Waals surface area (Å²) in [6.07, 6.45) is 3.34. The molecule has 3 heterocycles. The minimum Gasteiger partial charge on any atom is -0.348 e. The van der Waals surface area contributed by atoms with Gasteiger partial charge in [-0.15, -0.1) is 0 Å². The fourth-order valence-corrected chi connectivity index (χ4v) is 5.62. The van der Waals surface area contributed by atoms with Crippen LogP contribution in [0.1, 0.15) is 55.8 Å². The number of carbonyl (C=O) groups is 1. The molecular weight excluding hydrogens is 438 g/mol. The van der Waals surface area contributed by atoms with Crippen molar-refractivity contribution in [2.45, 2.75) is 66.5 Å². The van der Waals surface area contributed by atoms with E-state index in [4.69, 9.17) is 0 Å². The van der Waals surface area contributed by atoms with Gasteiger partial charge in [-0.05, 0) is 65.0 Å². The van der Waals surface area contributed by atoms with E-state index < -0.39 is 5.69 Å². The average Bonchev–Trinajstić information content (AvgIpc) is 3.20. The number of fused-ring (bicyclic) bond motifs is 1. The van der Waals surface area contributed by atoms with Crippen molar-refractivity contribution in [1.29, 1.82) is 0 Å². The van der Waals surface area contributed by atoms with Crippen LogP contribution in [0.2, 0.25) is 0 Å². The van der Waals surface area contributed by atoms with Gasteiger partial charge in [0.05, 0.1) is 0 Å². The molecule has 1 N–H and O–H groups in total. The number of hydrogen-bond donors (Lipinski definition) is 1. The maximum absolute atomic E-state index is 13.3. The van der Waals surface area contributed by atoms with E-state index in [1.807, 2.05) is 32.9 Å². The summed E-state index contributed by atoms with van der Waals surface area (Å²) >= 11 is 1.31. The van der Waals surface area contributed by atoms with Crippen LogP contribution in [-0.4, -0.2) is 33.1 Å². The number of thiazole rings is 1. The Bertz CT molecular complexity index is 1310. The number of hydrogen-bond acceptors (Lipinski definition) is 6. The average molecular weight is 470 g/mol. The van der Waals surface area contributed by atoms with Gasteiger partial charge in [-0.1, -0.05) is 29.0 Å². The predicted molar refractivity (Wildman–Crippen MR) is 134 cm³/mol. The van der Waals surface area contributed by atoms with E-state index in [1.54, 1.807) is 13.8 Å². The fourth-order valence-electron chi connectivity index (χ4n) is 4.56. The zero-order valence-electron chi connectivity index (χ0n) is 19.9. The summed E-state index contributed by atoms with van der Waals surface area (Å²) in [5.74, 6) is -0.324. The topological polar surface area (TPSA) is 89.2 Å². The Labute approximate surface area is 196 Å². The molecule has 0 unspecified atom stereocenters. The number of amides is 1. The Balaban J connectivity index is 1.77. The summed E-state index contributed by atoms with van der Waals surface area (Å²) in [7, 11) is 0. The van der Waals surface area contributed by atoms with Crippen LogP contribution in [0.15, 0.2) is 21.7 Å². The van der Waals surface area contributed by atoms with Crippen molar-refractivity contribution in [2.75, 3.05) is 23.3 Å². The Hall–Kier alpha value is -2.94. The van der Waals surface area contributed by atoms with Gasteiger partial charge in [-0.3, -0.25) is 18.7 Å². The van der Waals surface area contributed by atoms with Crippen LogP contribution in [0.25, 0.3) is 10.3 Å². The molecule has 8 nitrogen and oxygen atoms in total. The van der Waals surface area contributed by atoms with Gasteiger partial charge in [0.15, 0.2) is 10.8 Å². The lowest BCUT2D eigenvalue weighted by Crippen LogP contribution is -2.42. The molecule has 4 rings (SSSR count). The third kappa shape index (κ3) is 4.46. The number of aryl methyl sites for hydroxylation is 3. The van der Waals surface area contributed by atoms with Crippen molar-refractivity contribution >= 4 is 38.4 Å². The maximum atomic E-state index is 13.3. The summed E-state index contributed by atoms with van der Waals surface area (Å²) in [6, 6.07) is 3.69. The smallest absolute Gasteiger partial charge is 0.333 e. The first-order valence-electron chi connectivity index (χ1n) is 11.5. The second-order valence-electron chi connectivity index (χ2n) is 9.16. The van der Waals surface area contributed by atoms with Crippen LogP contribution in [0.5, 0.6) is 0 Å². The number of anilines is 2. The first kappa shape index (κ1) is 23.2. The molecule has 1 saturated heterocycles. The van der Waals surface area contributed by atoms with Crippen molar-refractivity contribution < 1.29 is 4.79 Å². The minimum absolute atomic E-state index is 0.210. The third-order valence-electron chi connectivity index (χ3n) is 6.09. The van der Waals surface area contributed by atoms with Crippen LogP contribution >= 0.6 is 11.3 Å². The largest absolute Gasteiger partial charge is 0.348 e. The zero-order valence-corrected chi connectivity index (χ0v) is 20.7. The quantitative estimate of drug-likeness (QED) is 0.615. The third-order valence-corrected chi connectivity index (χ3v) is 7.18. The Kier molecular flexibility index (Phi) is 6.43. The molecular formula is C24H31N5O3S. The number of aromatic nitrogens is 3. The summed E-state index contributed by atoms with van der Waals surface area (Å²) in [6.45, 7) is 11.1. The highest BCUT2D eigenvalue weighted by Crippen LogP contribution is 2.28. The van der Waals surface area contributed by atoms with E-state index in [2.05, 4.69) is 15.2 Å². The molecule has 0 spiro atoms. The van der Waals surface area contributed by atoms with Crippen LogP contribution in [-0.2, 0) is 11.3 Å². The summed E-state index contributed by atoms with van der Waals surface area (Å²) < 4.78 is 2.98. The van der Waals surface area contributed by atoms with Gasteiger partial charge in [0, 0.05) is 24.8 Å². The first-order chi connectivity index (χ1) is 15.7. The van der Waals surface area contributed by atoms with E-state index in [1.165, 1.54) is 26.9 Å². The lowest BCUT2D eigenvalue weighted by Gasteiger charge is -2.25. The monoisotopic (exact) mass is 469 g/mol. The normalized spacial score (nSPS) is 14.3. The number of nitrogens with one attached hydrogen (secondary N) is 1. The standard InChI is InChI=1S/C24H31N5O3S/c1-14(2)29-22(31)20-21(26-23(33-20)27-9-7-6-8-10-27)28(24(29)32)13-18(30)25-19-16(4)11-15(3)12-17(19)5/h11-12,14H,6-10,13H2,1-5H3,(H,25,30). The van der Waals surface area contributed by atoms with Gasteiger partial charge in [0.1, 0.15) is 11.2 Å². The molecule has 1 fully saturated rings. The lowest BCUT2D eigenvalue weighted by atomic mass is 10.1. The van der Waals surface area contributed by atoms with Gasteiger partial charge in [-0.2, -0.15) is 0 Å². The SMILES string of the molecule is Cc1cc(C)c(NC(=O)Cn2c(=O)n(C(C)C)c(=O)c3sc(N4CCCCC4)nc32)c(C)c1. The summed E-state index contributed by atoms with van der Waals surface area (Å²) in [5.41, 5.74) is 3.24. The molecule has 0 saturated carbocycles. The molecule has 1 amide bonds. The molecule has 1 aliphatic rings. The highest BCUT2D eigenvalue weighted by atomic mass is 32.1. The molecule has 2 aromatic heterocycles. The molecule has 1 aliphatic heterocycles. The Morgan fingerprint density at radius 2 is 1.73 bits per heavy atom. The van der Waals surface area contributed by atoms with Crippen LogP contribution < -0.4 is 21.5 Å². The number of benzene rings is 1. The molecule has 0 atom stereocenters. The van der Waals surface area contributed by atoms with Crippen LogP contribution in [0.4, 0.5) is 10.8 Å². The second-order valence-corrected chi connectivity index (χ2v) is 10.1. The van der Waals surface area contributed by atoms with Crippen molar-refractivity contribution in [1.82, 2.24) is 14.1 Å². The summed E-state index contributed by atoms with van der Waals surface area (Å²) in [4.78, 5) is 46.3. The van der Waals surface area contributed by atoms with Gasteiger partial charge in [-0.25, -0.2) is 9.78 Å². The fraction of sp³-hybridized carbons (Fsp3) is 0.500. The van der Waals surface area contributed by atoms with Crippen LogP contribution in [0.3, 0.4) is 0 Å². The van der Waals surface area contributed by atoms with Gasteiger partial charge in [0.2, 0.25) is 5.91 Å². The summed E-state index contributed by atoms with van der Waals surface area (Å²) in [5, 5.41) is 3.70. The Morgan fingerprint density at radius 3 is 2.33 bits per heavy atom. The van der Waals surface area contributed by atoms with E-state index in [9.17, 15) is 14.4 Å². The van der Waals surface area contributed by atoms with E-state index in [0.29, 0.717) is 10.3 Å². The molecule has 0 bridgehead atoms. The van der Waals surface area contributed by atoms with Crippen molar-refractivity contribution in [3.8, 4) is 0 Å². The maximum Gasteiger partial charge on any atom is 0.333 e. The number of piperidine rings is 1. The highest BCUT2D eigenvalue weighted by Gasteiger charge is 2.23. The number of rotatable bonds is 5. The van der Waals surface area contributed by atoms with Gasteiger partial charge >= 0.3 is 5.69 Å². The molecule has 33 heavy (non-hydrogen) atoms. The zero-order chi connectivity index (χ0) is 23.9. The predicted octanol–water partition coefficient (Wildman–Crippen LogP) is 3.75. The van der Waals surface area contributed by atoms with Crippen LogP contribution in [0, 0.1) is 20.8 Å². The van der Waals surface area contributed by atoms with Gasteiger partial charge < -0.3 is 10.2 Å².